The van der Waals surface area contributed by atoms with Crippen LogP contribution in [0.2, 0.25) is 0 Å². The van der Waals surface area contributed by atoms with Crippen molar-refractivity contribution < 1.29 is 19.1 Å². The molecule has 0 radical (unpaired) electrons. The Labute approximate surface area is 116 Å². The first-order valence-electron chi connectivity index (χ1n) is 6.27. The molecule has 0 amide bonds. The number of hydrogen-bond acceptors (Lipinski definition) is 5. The van der Waals surface area contributed by atoms with E-state index < -0.39 is 11.9 Å². The predicted molar refractivity (Wildman–Crippen MR) is 71.8 cm³/mol. The van der Waals surface area contributed by atoms with Crippen LogP contribution in [0, 0.1) is 0 Å². The predicted octanol–water partition coefficient (Wildman–Crippen LogP) is 1.58. The van der Waals surface area contributed by atoms with E-state index in [1.807, 2.05) is 0 Å². The number of rotatable bonds is 5. The summed E-state index contributed by atoms with van der Waals surface area (Å²) in [6.45, 7) is 3.27. The summed E-state index contributed by atoms with van der Waals surface area (Å²) in [7, 11) is 1.54. The minimum Gasteiger partial charge on any atom is -0.493 e. The summed E-state index contributed by atoms with van der Waals surface area (Å²) in [5.74, 6) is -1.31. The summed E-state index contributed by atoms with van der Waals surface area (Å²) in [6.07, 6.45) is 3.41. The van der Waals surface area contributed by atoms with Gasteiger partial charge in [-0.2, -0.15) is 0 Å². The number of nitrogens with zero attached hydrogens (tertiary/aromatic N) is 2. The highest BCUT2D eigenvalue weighted by Crippen LogP contribution is 2.23. The normalized spacial score (nSPS) is 12.2. The zero-order chi connectivity index (χ0) is 14.7. The van der Waals surface area contributed by atoms with Crippen molar-refractivity contribution in [3.63, 3.8) is 0 Å². The van der Waals surface area contributed by atoms with Gasteiger partial charge in [-0.3, -0.25) is 9.59 Å². The Bertz CT molecular complexity index is 648. The summed E-state index contributed by atoms with van der Waals surface area (Å²) < 4.78 is 11.8. The third-order valence-corrected chi connectivity index (χ3v) is 2.91. The summed E-state index contributed by atoms with van der Waals surface area (Å²) in [5.41, 5.74) is 0.918. The van der Waals surface area contributed by atoms with Crippen LogP contribution in [-0.2, 0) is 14.3 Å². The quantitative estimate of drug-likeness (QED) is 0.612. The van der Waals surface area contributed by atoms with Crippen LogP contribution >= 0.6 is 0 Å². The zero-order valence-corrected chi connectivity index (χ0v) is 11.6. The number of esters is 1. The molecule has 0 aliphatic heterocycles. The summed E-state index contributed by atoms with van der Waals surface area (Å²) in [6, 6.07) is 3.56. The molecule has 106 valence electrons. The Hall–Kier alpha value is -2.37. The van der Waals surface area contributed by atoms with Gasteiger partial charge in [0, 0.05) is 12.4 Å². The number of imidazole rings is 1. The van der Waals surface area contributed by atoms with Gasteiger partial charge in [0.05, 0.1) is 19.4 Å². The molecule has 0 aliphatic carbocycles. The second kappa shape index (κ2) is 5.73. The topological polar surface area (TPSA) is 69.9 Å². The SMILES string of the molecule is CCOC(=O)C(C(C)=O)c1cn2cccc(OC)c2n1. The lowest BCUT2D eigenvalue weighted by molar-refractivity contribution is -0.147. The van der Waals surface area contributed by atoms with Crippen molar-refractivity contribution in [2.24, 2.45) is 0 Å². The average Bonchev–Trinajstić information content (AvgIpc) is 2.81. The number of ether oxygens (including phenoxy) is 2. The van der Waals surface area contributed by atoms with E-state index in [4.69, 9.17) is 9.47 Å². The van der Waals surface area contributed by atoms with Crippen LogP contribution in [-0.4, -0.2) is 34.9 Å². The van der Waals surface area contributed by atoms with Gasteiger partial charge in [-0.1, -0.05) is 0 Å². The van der Waals surface area contributed by atoms with Crippen LogP contribution in [0.3, 0.4) is 0 Å². The summed E-state index contributed by atoms with van der Waals surface area (Å²) >= 11 is 0. The van der Waals surface area contributed by atoms with Crippen LogP contribution in [0.1, 0.15) is 25.5 Å². The van der Waals surface area contributed by atoms with E-state index in [-0.39, 0.29) is 12.4 Å². The molecule has 2 aromatic heterocycles. The van der Waals surface area contributed by atoms with Crippen molar-refractivity contribution >= 4 is 17.4 Å². The molecule has 2 aromatic rings. The van der Waals surface area contributed by atoms with Gasteiger partial charge in [0.2, 0.25) is 0 Å². The molecule has 0 spiro atoms. The molecule has 0 bridgehead atoms. The van der Waals surface area contributed by atoms with Crippen molar-refractivity contribution in [1.82, 2.24) is 9.38 Å². The van der Waals surface area contributed by atoms with Crippen LogP contribution in [0.4, 0.5) is 0 Å². The van der Waals surface area contributed by atoms with E-state index in [9.17, 15) is 9.59 Å². The number of fused-ring (bicyclic) bond motifs is 1. The van der Waals surface area contributed by atoms with Crippen LogP contribution in [0.5, 0.6) is 5.75 Å². The van der Waals surface area contributed by atoms with Crippen LogP contribution < -0.4 is 4.74 Å². The molecule has 0 N–H and O–H groups in total. The van der Waals surface area contributed by atoms with Gasteiger partial charge in [0.1, 0.15) is 5.78 Å². The van der Waals surface area contributed by atoms with Crippen molar-refractivity contribution in [2.75, 3.05) is 13.7 Å². The van der Waals surface area contributed by atoms with Gasteiger partial charge in [0.25, 0.3) is 0 Å². The minimum atomic E-state index is -1.00. The number of carbonyl (C=O) groups excluding carboxylic acids is 2. The Morgan fingerprint density at radius 2 is 2.20 bits per heavy atom. The lowest BCUT2D eigenvalue weighted by Gasteiger charge is -2.09. The van der Waals surface area contributed by atoms with Gasteiger partial charge >= 0.3 is 5.97 Å². The molecule has 2 rings (SSSR count). The van der Waals surface area contributed by atoms with Gasteiger partial charge in [-0.25, -0.2) is 4.98 Å². The van der Waals surface area contributed by atoms with E-state index in [0.717, 1.165) is 0 Å². The first kappa shape index (κ1) is 14.0. The number of ketones is 1. The standard InChI is InChI=1S/C14H16N2O4/c1-4-20-14(18)12(9(2)17)10-8-16-7-5-6-11(19-3)13(16)15-10/h5-8,12H,4H2,1-3H3. The molecule has 2 heterocycles. The fourth-order valence-electron chi connectivity index (χ4n) is 2.03. The molecule has 0 fully saturated rings. The van der Waals surface area contributed by atoms with E-state index >= 15 is 0 Å². The summed E-state index contributed by atoms with van der Waals surface area (Å²) in [5, 5.41) is 0. The monoisotopic (exact) mass is 276 g/mol. The summed E-state index contributed by atoms with van der Waals surface area (Å²) in [4.78, 5) is 27.9. The number of carbonyl (C=O) groups is 2. The van der Waals surface area contributed by atoms with E-state index in [1.54, 1.807) is 35.9 Å². The third-order valence-electron chi connectivity index (χ3n) is 2.91. The Morgan fingerprint density at radius 3 is 2.80 bits per heavy atom. The molecular formula is C14H16N2O4. The average molecular weight is 276 g/mol. The highest BCUT2D eigenvalue weighted by atomic mass is 16.5. The molecule has 1 unspecified atom stereocenters. The minimum absolute atomic E-state index is 0.222. The zero-order valence-electron chi connectivity index (χ0n) is 11.6. The van der Waals surface area contributed by atoms with Gasteiger partial charge in [0.15, 0.2) is 17.3 Å². The fourth-order valence-corrected chi connectivity index (χ4v) is 2.03. The maximum absolute atomic E-state index is 11.9. The molecule has 0 aromatic carbocycles. The second-order valence-corrected chi connectivity index (χ2v) is 4.27. The van der Waals surface area contributed by atoms with Crippen molar-refractivity contribution in [1.29, 1.82) is 0 Å². The van der Waals surface area contributed by atoms with E-state index in [2.05, 4.69) is 4.98 Å². The van der Waals surface area contributed by atoms with E-state index in [0.29, 0.717) is 17.1 Å². The molecule has 1 atom stereocenters. The maximum atomic E-state index is 11.9. The second-order valence-electron chi connectivity index (χ2n) is 4.27. The molecule has 6 nitrogen and oxygen atoms in total. The van der Waals surface area contributed by atoms with Gasteiger partial charge < -0.3 is 13.9 Å². The molecule has 0 saturated heterocycles. The first-order valence-corrected chi connectivity index (χ1v) is 6.27. The lowest BCUT2D eigenvalue weighted by Crippen LogP contribution is -2.22. The highest BCUT2D eigenvalue weighted by Gasteiger charge is 2.29. The lowest BCUT2D eigenvalue weighted by atomic mass is 10.0. The van der Waals surface area contributed by atoms with Crippen molar-refractivity contribution in [3.8, 4) is 5.75 Å². The number of methoxy groups -OCH3 is 1. The van der Waals surface area contributed by atoms with Crippen molar-refractivity contribution in [2.45, 2.75) is 19.8 Å². The molecule has 6 heteroatoms. The maximum Gasteiger partial charge on any atom is 0.322 e. The van der Waals surface area contributed by atoms with Crippen LogP contribution in [0.15, 0.2) is 24.5 Å². The highest BCUT2D eigenvalue weighted by molar-refractivity contribution is 6.03. The first-order chi connectivity index (χ1) is 9.58. The molecule has 0 aliphatic rings. The smallest absolute Gasteiger partial charge is 0.322 e. The van der Waals surface area contributed by atoms with Gasteiger partial charge in [-0.15, -0.1) is 0 Å². The Balaban J connectivity index is 2.49. The molecule has 0 saturated carbocycles. The largest absolute Gasteiger partial charge is 0.493 e. The number of hydrogen-bond donors (Lipinski definition) is 0. The van der Waals surface area contributed by atoms with Crippen molar-refractivity contribution in [3.05, 3.63) is 30.2 Å². The number of aromatic nitrogens is 2. The Morgan fingerprint density at radius 1 is 1.45 bits per heavy atom. The molecular weight excluding hydrogens is 260 g/mol. The third kappa shape index (κ3) is 2.49. The Kier molecular flexibility index (Phi) is 4.02. The van der Waals surface area contributed by atoms with Crippen LogP contribution in [0.25, 0.3) is 5.65 Å². The van der Waals surface area contributed by atoms with Gasteiger partial charge in [-0.05, 0) is 26.0 Å². The molecule has 20 heavy (non-hydrogen) atoms. The number of Topliss-reactive ketones (excluding diaryl/α,β-unsaturated/α-hetero) is 1. The van der Waals surface area contributed by atoms with E-state index in [1.165, 1.54) is 14.0 Å². The number of pyridine rings is 1. The fraction of sp³-hybridized carbons (Fsp3) is 0.357.